The molecule has 32 heavy (non-hydrogen) atoms. The molecule has 0 spiro atoms. The van der Waals surface area contributed by atoms with Crippen molar-refractivity contribution in [2.45, 2.75) is 32.7 Å². The van der Waals surface area contributed by atoms with E-state index in [2.05, 4.69) is 77.9 Å². The van der Waals surface area contributed by atoms with Gasteiger partial charge in [0.1, 0.15) is 0 Å². The number of carbonyl (C=O) groups excluding carboxylic acids is 1. The van der Waals surface area contributed by atoms with Crippen molar-refractivity contribution in [1.29, 1.82) is 0 Å². The van der Waals surface area contributed by atoms with Crippen LogP contribution in [0.5, 0.6) is 0 Å². The average Bonchev–Trinajstić information content (AvgIpc) is 3.27. The molecule has 0 bridgehead atoms. The Kier molecular flexibility index (Phi) is 4.19. The molecule has 6 rings (SSSR count). The number of anilines is 1. The van der Waals surface area contributed by atoms with Crippen LogP contribution in [-0.2, 0) is 4.79 Å². The molecule has 0 unspecified atom stereocenters. The fourth-order valence-electron chi connectivity index (χ4n) is 5.49. The number of nitrogens with zero attached hydrogens (tertiary/aromatic N) is 2. The van der Waals surface area contributed by atoms with Gasteiger partial charge in [-0.15, -0.1) is 0 Å². The quantitative estimate of drug-likeness (QED) is 0.505. The Balaban J connectivity index is 1.61. The number of fused-ring (bicyclic) bond motifs is 4. The highest BCUT2D eigenvalue weighted by Gasteiger charge is 2.42. The van der Waals surface area contributed by atoms with Crippen LogP contribution < -0.4 is 5.32 Å². The van der Waals surface area contributed by atoms with Gasteiger partial charge in [0.25, 0.3) is 0 Å². The maximum absolute atomic E-state index is 13.6. The SMILES string of the molecule is CC1(C)CC(=O)C2=C(C1)c1c(ccc3ccccc13)N[C@@H]2C1=C(c2ccccc2)N=NC1. The van der Waals surface area contributed by atoms with Gasteiger partial charge in [-0.3, -0.25) is 4.79 Å². The topological polar surface area (TPSA) is 53.8 Å². The molecule has 0 aromatic heterocycles. The van der Waals surface area contributed by atoms with E-state index in [-0.39, 0.29) is 17.2 Å². The summed E-state index contributed by atoms with van der Waals surface area (Å²) in [6, 6.07) is 22.7. The molecular formula is C28H25N3O. The molecule has 158 valence electrons. The Morgan fingerprint density at radius 1 is 0.938 bits per heavy atom. The predicted octanol–water partition coefficient (Wildman–Crippen LogP) is 6.65. The molecular weight excluding hydrogens is 394 g/mol. The van der Waals surface area contributed by atoms with Gasteiger partial charge in [0.05, 0.1) is 18.3 Å². The Morgan fingerprint density at radius 3 is 2.56 bits per heavy atom. The number of rotatable bonds is 2. The highest BCUT2D eigenvalue weighted by molar-refractivity contribution is 6.13. The summed E-state index contributed by atoms with van der Waals surface area (Å²) in [5, 5.41) is 15.0. The van der Waals surface area contributed by atoms with Crippen molar-refractivity contribution in [3.05, 3.63) is 89.0 Å². The number of nitrogens with one attached hydrogen (secondary N) is 1. The number of hydrogen-bond donors (Lipinski definition) is 1. The lowest BCUT2D eigenvalue weighted by molar-refractivity contribution is -0.117. The second-order valence-corrected chi connectivity index (χ2v) is 9.76. The third kappa shape index (κ3) is 2.94. The fourth-order valence-corrected chi connectivity index (χ4v) is 5.49. The molecule has 0 radical (unpaired) electrons. The first-order valence-electron chi connectivity index (χ1n) is 11.2. The standard InChI is InChI=1S/C28H25N3O/c1-28(2)14-20-24-19-11-7-6-8-17(19)12-13-22(24)30-27(25(20)23(32)15-28)21-16-29-31-26(21)18-9-4-3-5-10-18/h3-13,27,30H,14-16H2,1-2H3/t27-/m1/s1. The highest BCUT2D eigenvalue weighted by Crippen LogP contribution is 2.50. The molecule has 3 aromatic carbocycles. The Hall–Kier alpha value is -3.53. The minimum atomic E-state index is -0.201. The van der Waals surface area contributed by atoms with Crippen LogP contribution in [0.1, 0.15) is 37.8 Å². The van der Waals surface area contributed by atoms with Gasteiger partial charge >= 0.3 is 0 Å². The van der Waals surface area contributed by atoms with Gasteiger partial charge in [-0.05, 0) is 34.2 Å². The van der Waals surface area contributed by atoms with Crippen molar-refractivity contribution < 1.29 is 4.79 Å². The Morgan fingerprint density at radius 2 is 1.72 bits per heavy atom. The van der Waals surface area contributed by atoms with Crippen LogP contribution in [0.3, 0.4) is 0 Å². The van der Waals surface area contributed by atoms with E-state index in [1.807, 2.05) is 18.2 Å². The number of allylic oxidation sites excluding steroid dienone is 1. The van der Waals surface area contributed by atoms with Crippen LogP contribution >= 0.6 is 0 Å². The maximum Gasteiger partial charge on any atom is 0.162 e. The van der Waals surface area contributed by atoms with E-state index in [1.54, 1.807) is 0 Å². The average molecular weight is 420 g/mol. The van der Waals surface area contributed by atoms with Crippen LogP contribution in [0.25, 0.3) is 22.0 Å². The van der Waals surface area contributed by atoms with Crippen LogP contribution in [0.4, 0.5) is 5.69 Å². The molecule has 1 atom stereocenters. The zero-order valence-electron chi connectivity index (χ0n) is 18.4. The lowest BCUT2D eigenvalue weighted by Crippen LogP contribution is -2.39. The molecule has 2 heterocycles. The van der Waals surface area contributed by atoms with Gasteiger partial charge in [0.2, 0.25) is 0 Å². The summed E-state index contributed by atoms with van der Waals surface area (Å²) in [6.07, 6.45) is 1.45. The molecule has 2 aliphatic heterocycles. The molecule has 0 amide bonds. The van der Waals surface area contributed by atoms with Crippen molar-refractivity contribution in [2.24, 2.45) is 15.6 Å². The molecule has 1 N–H and O–H groups in total. The largest absolute Gasteiger partial charge is 0.374 e. The van der Waals surface area contributed by atoms with Crippen LogP contribution in [0.15, 0.2) is 88.1 Å². The van der Waals surface area contributed by atoms with Crippen molar-refractivity contribution >= 4 is 33.5 Å². The number of hydrogen-bond acceptors (Lipinski definition) is 4. The number of benzene rings is 3. The van der Waals surface area contributed by atoms with E-state index in [0.717, 1.165) is 34.5 Å². The molecule has 4 heteroatoms. The zero-order valence-corrected chi connectivity index (χ0v) is 18.4. The highest BCUT2D eigenvalue weighted by atomic mass is 16.1. The van der Waals surface area contributed by atoms with Gasteiger partial charge in [-0.1, -0.05) is 74.5 Å². The normalized spacial score (nSPS) is 21.6. The van der Waals surface area contributed by atoms with Crippen LogP contribution in [0, 0.1) is 5.41 Å². The smallest absolute Gasteiger partial charge is 0.162 e. The van der Waals surface area contributed by atoms with Gasteiger partial charge in [-0.2, -0.15) is 10.2 Å². The number of azo groups is 1. The summed E-state index contributed by atoms with van der Waals surface area (Å²) in [4.78, 5) is 13.6. The van der Waals surface area contributed by atoms with E-state index in [0.29, 0.717) is 13.0 Å². The summed E-state index contributed by atoms with van der Waals surface area (Å²) in [7, 11) is 0. The maximum atomic E-state index is 13.6. The van der Waals surface area contributed by atoms with E-state index < -0.39 is 0 Å². The van der Waals surface area contributed by atoms with E-state index in [1.165, 1.54) is 21.9 Å². The summed E-state index contributed by atoms with van der Waals surface area (Å²) in [5.74, 6) is 0.235. The van der Waals surface area contributed by atoms with E-state index >= 15 is 0 Å². The minimum absolute atomic E-state index is 0.0624. The van der Waals surface area contributed by atoms with Crippen LogP contribution in [0.2, 0.25) is 0 Å². The third-order valence-corrected chi connectivity index (χ3v) is 6.85. The van der Waals surface area contributed by atoms with Crippen molar-refractivity contribution in [1.82, 2.24) is 0 Å². The number of ketones is 1. The molecule has 0 saturated heterocycles. The summed E-state index contributed by atoms with van der Waals surface area (Å²) in [6.45, 7) is 4.91. The van der Waals surface area contributed by atoms with Gasteiger partial charge in [0.15, 0.2) is 5.78 Å². The first-order valence-corrected chi connectivity index (χ1v) is 11.2. The lowest BCUT2D eigenvalue weighted by atomic mass is 9.67. The predicted molar refractivity (Wildman–Crippen MR) is 129 cm³/mol. The van der Waals surface area contributed by atoms with Gasteiger partial charge in [-0.25, -0.2) is 0 Å². The molecule has 0 saturated carbocycles. The molecule has 3 aliphatic rings. The summed E-state index contributed by atoms with van der Waals surface area (Å²) in [5.41, 5.74) is 7.31. The number of carbonyl (C=O) groups is 1. The van der Waals surface area contributed by atoms with E-state index in [9.17, 15) is 4.79 Å². The first-order chi connectivity index (χ1) is 15.5. The van der Waals surface area contributed by atoms with Crippen molar-refractivity contribution in [2.75, 3.05) is 11.9 Å². The van der Waals surface area contributed by atoms with Crippen molar-refractivity contribution in [3.8, 4) is 0 Å². The van der Waals surface area contributed by atoms with Crippen LogP contribution in [-0.4, -0.2) is 18.4 Å². The summed E-state index contributed by atoms with van der Waals surface area (Å²) < 4.78 is 0. The minimum Gasteiger partial charge on any atom is -0.374 e. The molecule has 1 aliphatic carbocycles. The van der Waals surface area contributed by atoms with Crippen molar-refractivity contribution in [3.63, 3.8) is 0 Å². The van der Waals surface area contributed by atoms with Gasteiger partial charge < -0.3 is 5.32 Å². The Labute approximate surface area is 187 Å². The van der Waals surface area contributed by atoms with E-state index in [4.69, 9.17) is 0 Å². The first kappa shape index (κ1) is 19.2. The summed E-state index contributed by atoms with van der Waals surface area (Å²) >= 11 is 0. The Bertz CT molecular complexity index is 1360. The molecule has 3 aromatic rings. The number of Topliss-reactive ketones (excluding diaryl/α,β-unsaturated/α-hetero) is 1. The monoisotopic (exact) mass is 419 g/mol. The second kappa shape index (κ2) is 6.99. The third-order valence-electron chi connectivity index (χ3n) is 6.85. The zero-order chi connectivity index (χ0) is 21.9. The van der Waals surface area contributed by atoms with Gasteiger partial charge in [0, 0.05) is 34.4 Å². The second-order valence-electron chi connectivity index (χ2n) is 9.76. The lowest BCUT2D eigenvalue weighted by Gasteiger charge is -2.40. The molecule has 0 fully saturated rings. The fraction of sp³-hybridized carbons (Fsp3) is 0.250. The molecule has 4 nitrogen and oxygen atoms in total.